The maximum Gasteiger partial charge on any atom is 0.272 e. The fraction of sp³-hybridized carbons (Fsp3) is 0.222. The maximum atomic E-state index is 11.8. The number of halogens is 2. The van der Waals surface area contributed by atoms with Crippen LogP contribution in [0.4, 0.5) is 8.78 Å². The van der Waals surface area contributed by atoms with Crippen LogP contribution in [0.3, 0.4) is 0 Å². The van der Waals surface area contributed by atoms with Crippen LogP contribution in [0.2, 0.25) is 0 Å². The zero-order chi connectivity index (χ0) is 10.6. The summed E-state index contributed by atoms with van der Waals surface area (Å²) in [5.41, 5.74) is 5.97. The van der Waals surface area contributed by atoms with Crippen molar-refractivity contribution in [1.82, 2.24) is 0 Å². The molecule has 0 aliphatic rings. The first kappa shape index (κ1) is 10.8. The van der Waals surface area contributed by atoms with Crippen LogP contribution in [0, 0.1) is 0 Å². The molecule has 0 saturated carbocycles. The molecule has 76 valence electrons. The molecule has 5 heteroatoms. The molecular formula is C9H9F2NOS. The minimum Gasteiger partial charge on any atom is -0.488 e. The molecule has 0 heterocycles. The number of hydrogen-bond donors (Lipinski definition) is 1. The highest BCUT2D eigenvalue weighted by Crippen LogP contribution is 2.13. The third-order valence-electron chi connectivity index (χ3n) is 1.49. The highest BCUT2D eigenvalue weighted by atomic mass is 32.1. The number of benzene rings is 1. The summed E-state index contributed by atoms with van der Waals surface area (Å²) in [4.78, 5) is 0.215. The zero-order valence-electron chi connectivity index (χ0n) is 7.24. The van der Waals surface area contributed by atoms with E-state index in [1.165, 1.54) is 6.07 Å². The van der Waals surface area contributed by atoms with Gasteiger partial charge in [0.15, 0.2) is 0 Å². The lowest BCUT2D eigenvalue weighted by molar-refractivity contribution is 0.0819. The Labute approximate surface area is 85.7 Å². The van der Waals surface area contributed by atoms with E-state index in [0.717, 1.165) is 0 Å². The smallest absolute Gasteiger partial charge is 0.272 e. The lowest BCUT2D eigenvalue weighted by atomic mass is 10.2. The number of thiocarbonyl (C=S) groups is 1. The molecule has 0 spiro atoms. The van der Waals surface area contributed by atoms with E-state index in [4.69, 9.17) is 22.7 Å². The Kier molecular flexibility index (Phi) is 3.76. The molecule has 0 atom stereocenters. The molecule has 14 heavy (non-hydrogen) atoms. The Morgan fingerprint density at radius 1 is 1.50 bits per heavy atom. The molecule has 0 aliphatic heterocycles. The van der Waals surface area contributed by atoms with Crippen LogP contribution in [-0.2, 0) is 0 Å². The second kappa shape index (κ2) is 4.85. The Morgan fingerprint density at radius 2 is 2.21 bits per heavy atom. The van der Waals surface area contributed by atoms with Crippen molar-refractivity contribution in [2.75, 3.05) is 6.61 Å². The minimum absolute atomic E-state index is 0.215. The predicted molar refractivity (Wildman–Crippen MR) is 53.8 cm³/mol. The highest BCUT2D eigenvalue weighted by Gasteiger charge is 2.04. The summed E-state index contributed by atoms with van der Waals surface area (Å²) in [6.07, 6.45) is -2.48. The van der Waals surface area contributed by atoms with Gasteiger partial charge < -0.3 is 10.5 Å². The molecule has 2 N–H and O–H groups in total. The average Bonchev–Trinajstić information content (AvgIpc) is 2.15. The number of alkyl halides is 2. The van der Waals surface area contributed by atoms with Gasteiger partial charge in [0.05, 0.1) is 0 Å². The van der Waals surface area contributed by atoms with E-state index in [9.17, 15) is 8.78 Å². The molecule has 1 rings (SSSR count). The van der Waals surface area contributed by atoms with Gasteiger partial charge >= 0.3 is 0 Å². The summed E-state index contributed by atoms with van der Waals surface area (Å²) in [7, 11) is 0. The van der Waals surface area contributed by atoms with Crippen molar-refractivity contribution in [3.8, 4) is 5.75 Å². The SMILES string of the molecule is NC(=S)c1cccc(OCC(F)F)c1. The van der Waals surface area contributed by atoms with Crippen molar-refractivity contribution in [2.45, 2.75) is 6.43 Å². The van der Waals surface area contributed by atoms with Gasteiger partial charge in [0.2, 0.25) is 0 Å². The van der Waals surface area contributed by atoms with Gasteiger partial charge in [-0.15, -0.1) is 0 Å². The van der Waals surface area contributed by atoms with Crippen LogP contribution < -0.4 is 10.5 Å². The molecular weight excluding hydrogens is 208 g/mol. The fourth-order valence-corrected chi connectivity index (χ4v) is 1.03. The van der Waals surface area contributed by atoms with Gasteiger partial charge in [-0.3, -0.25) is 0 Å². The van der Waals surface area contributed by atoms with Gasteiger partial charge in [0, 0.05) is 5.56 Å². The second-order valence-electron chi connectivity index (χ2n) is 2.59. The lowest BCUT2D eigenvalue weighted by Gasteiger charge is -2.06. The molecule has 0 amide bonds. The van der Waals surface area contributed by atoms with Crippen LogP contribution in [0.5, 0.6) is 5.75 Å². The second-order valence-corrected chi connectivity index (χ2v) is 3.03. The quantitative estimate of drug-likeness (QED) is 0.783. The van der Waals surface area contributed by atoms with Gasteiger partial charge in [0.1, 0.15) is 17.3 Å². The van der Waals surface area contributed by atoms with Crippen molar-refractivity contribution < 1.29 is 13.5 Å². The molecule has 0 unspecified atom stereocenters. The zero-order valence-corrected chi connectivity index (χ0v) is 8.06. The van der Waals surface area contributed by atoms with E-state index in [0.29, 0.717) is 11.3 Å². The van der Waals surface area contributed by atoms with Crippen molar-refractivity contribution in [3.63, 3.8) is 0 Å². The monoisotopic (exact) mass is 217 g/mol. The van der Waals surface area contributed by atoms with Gasteiger partial charge in [-0.05, 0) is 12.1 Å². The van der Waals surface area contributed by atoms with E-state index in [1.54, 1.807) is 18.2 Å². The summed E-state index contributed by atoms with van der Waals surface area (Å²) in [5.74, 6) is 0.343. The Hall–Kier alpha value is -1.23. The van der Waals surface area contributed by atoms with E-state index in [1.807, 2.05) is 0 Å². The Morgan fingerprint density at radius 3 is 2.79 bits per heavy atom. The largest absolute Gasteiger partial charge is 0.488 e. The summed E-state index contributed by atoms with van der Waals surface area (Å²) in [5, 5.41) is 0. The van der Waals surface area contributed by atoms with E-state index < -0.39 is 13.0 Å². The number of nitrogens with two attached hydrogens (primary N) is 1. The maximum absolute atomic E-state index is 11.8. The van der Waals surface area contributed by atoms with Gasteiger partial charge in [-0.2, -0.15) is 0 Å². The number of hydrogen-bond acceptors (Lipinski definition) is 2. The number of ether oxygens (including phenoxy) is 1. The molecule has 0 saturated heterocycles. The molecule has 2 nitrogen and oxygen atoms in total. The Balaban J connectivity index is 2.69. The first-order valence-electron chi connectivity index (χ1n) is 3.90. The Bertz CT molecular complexity index is 330. The van der Waals surface area contributed by atoms with Crippen LogP contribution in [0.25, 0.3) is 0 Å². The van der Waals surface area contributed by atoms with Crippen molar-refractivity contribution >= 4 is 17.2 Å². The summed E-state index contributed by atoms with van der Waals surface area (Å²) in [6, 6.07) is 6.45. The molecule has 0 aliphatic carbocycles. The third kappa shape index (κ3) is 3.26. The highest BCUT2D eigenvalue weighted by molar-refractivity contribution is 7.80. The van der Waals surface area contributed by atoms with Crippen molar-refractivity contribution in [2.24, 2.45) is 5.73 Å². The molecule has 0 fully saturated rings. The summed E-state index contributed by atoms with van der Waals surface area (Å²) in [6.45, 7) is -0.624. The first-order valence-corrected chi connectivity index (χ1v) is 4.31. The van der Waals surface area contributed by atoms with Crippen LogP contribution in [0.1, 0.15) is 5.56 Å². The predicted octanol–water partition coefficient (Wildman–Crippen LogP) is 1.96. The number of rotatable bonds is 4. The minimum atomic E-state index is -2.48. The average molecular weight is 217 g/mol. The molecule has 1 aromatic carbocycles. The molecule has 1 aromatic rings. The fourth-order valence-electron chi connectivity index (χ4n) is 0.898. The summed E-state index contributed by atoms with van der Waals surface area (Å²) >= 11 is 4.73. The van der Waals surface area contributed by atoms with Gasteiger partial charge in [0.25, 0.3) is 6.43 Å². The van der Waals surface area contributed by atoms with Gasteiger partial charge in [-0.25, -0.2) is 8.78 Å². The normalized spacial score (nSPS) is 10.2. The van der Waals surface area contributed by atoms with Gasteiger partial charge in [-0.1, -0.05) is 24.4 Å². The van der Waals surface area contributed by atoms with E-state index >= 15 is 0 Å². The topological polar surface area (TPSA) is 35.2 Å². The standard InChI is InChI=1S/C9H9F2NOS/c10-8(11)5-13-7-3-1-2-6(4-7)9(12)14/h1-4,8H,5H2,(H2,12,14). The van der Waals surface area contributed by atoms with Crippen molar-refractivity contribution in [1.29, 1.82) is 0 Å². The van der Waals surface area contributed by atoms with E-state index in [-0.39, 0.29) is 4.99 Å². The summed E-state index contributed by atoms with van der Waals surface area (Å²) < 4.78 is 28.4. The third-order valence-corrected chi connectivity index (χ3v) is 1.73. The van der Waals surface area contributed by atoms with E-state index in [2.05, 4.69) is 0 Å². The van der Waals surface area contributed by atoms with Crippen LogP contribution in [-0.4, -0.2) is 18.0 Å². The molecule has 0 radical (unpaired) electrons. The molecule has 0 bridgehead atoms. The first-order chi connectivity index (χ1) is 6.59. The van der Waals surface area contributed by atoms with Crippen LogP contribution in [0.15, 0.2) is 24.3 Å². The lowest BCUT2D eigenvalue weighted by Crippen LogP contribution is -2.10. The van der Waals surface area contributed by atoms with Crippen LogP contribution >= 0.6 is 12.2 Å². The van der Waals surface area contributed by atoms with Crippen molar-refractivity contribution in [3.05, 3.63) is 29.8 Å². The molecule has 0 aromatic heterocycles.